The predicted molar refractivity (Wildman–Crippen MR) is 68.1 cm³/mol. The molecule has 102 valence electrons. The predicted octanol–water partition coefficient (Wildman–Crippen LogP) is 2.28. The number of aliphatic carboxylic acids is 1. The van der Waals surface area contributed by atoms with E-state index < -0.39 is 11.4 Å². The van der Waals surface area contributed by atoms with Crippen molar-refractivity contribution in [3.8, 4) is 0 Å². The van der Waals surface area contributed by atoms with Gasteiger partial charge >= 0.3 is 5.97 Å². The van der Waals surface area contributed by atoms with Crippen LogP contribution in [0.4, 0.5) is 0 Å². The second-order valence-electron chi connectivity index (χ2n) is 6.63. The number of nitrogens with zero attached hydrogens (tertiary/aromatic N) is 1. The summed E-state index contributed by atoms with van der Waals surface area (Å²) in [6, 6.07) is 0.443. The highest BCUT2D eigenvalue weighted by molar-refractivity contribution is 5.78. The number of hydrogen-bond donors (Lipinski definition) is 1. The van der Waals surface area contributed by atoms with Crippen LogP contribution in [0.3, 0.4) is 0 Å². The zero-order valence-corrected chi connectivity index (χ0v) is 11.3. The number of carboxylic acid groups (broad SMARTS) is 1. The molecule has 0 aromatic heterocycles. The fourth-order valence-electron chi connectivity index (χ4n) is 2.40. The molecule has 0 spiro atoms. The number of rotatable bonds is 7. The maximum absolute atomic E-state index is 12.3. The van der Waals surface area contributed by atoms with Gasteiger partial charge in [-0.1, -0.05) is 13.8 Å². The van der Waals surface area contributed by atoms with Crippen molar-refractivity contribution in [3.05, 3.63) is 0 Å². The minimum atomic E-state index is -0.826. The quantitative estimate of drug-likeness (QED) is 0.757. The van der Waals surface area contributed by atoms with Crippen molar-refractivity contribution in [2.75, 3.05) is 6.54 Å². The molecule has 0 aliphatic heterocycles. The third kappa shape index (κ3) is 4.00. The van der Waals surface area contributed by atoms with Gasteiger partial charge in [0, 0.05) is 19.0 Å². The molecule has 0 saturated heterocycles. The van der Waals surface area contributed by atoms with Crippen molar-refractivity contribution < 1.29 is 14.7 Å². The molecular formula is C14H23NO3. The van der Waals surface area contributed by atoms with Gasteiger partial charge in [-0.05, 0) is 37.0 Å². The van der Waals surface area contributed by atoms with Crippen LogP contribution in [0.2, 0.25) is 0 Å². The lowest BCUT2D eigenvalue weighted by Gasteiger charge is -2.28. The van der Waals surface area contributed by atoms with Crippen molar-refractivity contribution in [2.45, 2.75) is 58.4 Å². The first-order valence-electron chi connectivity index (χ1n) is 6.89. The number of amides is 1. The first kappa shape index (κ1) is 13.4. The van der Waals surface area contributed by atoms with Crippen LogP contribution in [0.15, 0.2) is 0 Å². The van der Waals surface area contributed by atoms with Crippen LogP contribution in [-0.4, -0.2) is 34.5 Å². The van der Waals surface area contributed by atoms with Gasteiger partial charge in [0.25, 0.3) is 0 Å². The average Bonchev–Trinajstić information content (AvgIpc) is 3.06. The van der Waals surface area contributed by atoms with Gasteiger partial charge in [-0.3, -0.25) is 9.59 Å². The highest BCUT2D eigenvalue weighted by Crippen LogP contribution is 2.36. The van der Waals surface area contributed by atoms with Gasteiger partial charge in [0.1, 0.15) is 0 Å². The third-order valence-electron chi connectivity index (χ3n) is 3.72. The van der Waals surface area contributed by atoms with Gasteiger partial charge in [-0.25, -0.2) is 0 Å². The van der Waals surface area contributed by atoms with E-state index in [1.54, 1.807) is 0 Å². The Labute approximate surface area is 108 Å². The normalized spacial score (nSPS) is 19.7. The Morgan fingerprint density at radius 1 is 1.17 bits per heavy atom. The summed E-state index contributed by atoms with van der Waals surface area (Å²) in [6.07, 6.45) is 5.14. The second-order valence-corrected chi connectivity index (χ2v) is 6.63. The zero-order valence-electron chi connectivity index (χ0n) is 11.3. The molecule has 18 heavy (non-hydrogen) atoms. The molecule has 0 aromatic rings. The maximum atomic E-state index is 12.3. The molecule has 4 heteroatoms. The SMILES string of the molecule is CC(C)(CC(=O)O)CC(=O)N(CC1CC1)C1CC1. The molecule has 0 aromatic carbocycles. The fourth-order valence-corrected chi connectivity index (χ4v) is 2.40. The van der Waals surface area contributed by atoms with Crippen LogP contribution >= 0.6 is 0 Å². The largest absolute Gasteiger partial charge is 0.481 e. The van der Waals surface area contributed by atoms with Crippen molar-refractivity contribution in [1.82, 2.24) is 4.90 Å². The van der Waals surface area contributed by atoms with Crippen LogP contribution in [0, 0.1) is 11.3 Å². The van der Waals surface area contributed by atoms with E-state index >= 15 is 0 Å². The van der Waals surface area contributed by atoms with Crippen molar-refractivity contribution in [3.63, 3.8) is 0 Å². The van der Waals surface area contributed by atoms with Crippen LogP contribution in [0.1, 0.15) is 52.4 Å². The first-order chi connectivity index (χ1) is 8.37. The summed E-state index contributed by atoms with van der Waals surface area (Å²) < 4.78 is 0. The first-order valence-corrected chi connectivity index (χ1v) is 6.89. The number of carbonyl (C=O) groups is 2. The monoisotopic (exact) mass is 253 g/mol. The van der Waals surface area contributed by atoms with E-state index in [0.29, 0.717) is 18.4 Å². The molecule has 0 bridgehead atoms. The molecule has 2 saturated carbocycles. The Hall–Kier alpha value is -1.06. The van der Waals surface area contributed by atoms with E-state index in [9.17, 15) is 9.59 Å². The smallest absolute Gasteiger partial charge is 0.303 e. The van der Waals surface area contributed by atoms with E-state index in [4.69, 9.17) is 5.11 Å². The Morgan fingerprint density at radius 2 is 1.78 bits per heavy atom. The summed E-state index contributed by atoms with van der Waals surface area (Å²) >= 11 is 0. The Morgan fingerprint density at radius 3 is 2.22 bits per heavy atom. The summed E-state index contributed by atoms with van der Waals surface area (Å²) in [5.74, 6) is 0.0285. The van der Waals surface area contributed by atoms with E-state index in [1.807, 2.05) is 18.7 Å². The average molecular weight is 253 g/mol. The number of hydrogen-bond acceptors (Lipinski definition) is 2. The van der Waals surface area contributed by atoms with Gasteiger partial charge < -0.3 is 10.0 Å². The topological polar surface area (TPSA) is 57.6 Å². The highest BCUT2D eigenvalue weighted by atomic mass is 16.4. The summed E-state index contributed by atoms with van der Waals surface area (Å²) in [5.41, 5.74) is -0.445. The zero-order chi connectivity index (χ0) is 13.3. The lowest BCUT2D eigenvalue weighted by Crippen LogP contribution is -2.37. The van der Waals surface area contributed by atoms with E-state index in [1.165, 1.54) is 12.8 Å². The molecule has 2 fully saturated rings. The summed E-state index contributed by atoms with van der Waals surface area (Å²) in [7, 11) is 0. The molecule has 2 aliphatic carbocycles. The van der Waals surface area contributed by atoms with Crippen molar-refractivity contribution in [2.24, 2.45) is 11.3 Å². The van der Waals surface area contributed by atoms with Gasteiger partial charge in [0.2, 0.25) is 5.91 Å². The molecule has 2 aliphatic rings. The summed E-state index contributed by atoms with van der Waals surface area (Å²) in [5, 5.41) is 8.85. The van der Waals surface area contributed by atoms with Gasteiger partial charge in [0.05, 0.1) is 6.42 Å². The van der Waals surface area contributed by atoms with Gasteiger partial charge in [0.15, 0.2) is 0 Å². The maximum Gasteiger partial charge on any atom is 0.303 e. The van der Waals surface area contributed by atoms with Crippen LogP contribution < -0.4 is 0 Å². The van der Waals surface area contributed by atoms with Crippen molar-refractivity contribution >= 4 is 11.9 Å². The second kappa shape index (κ2) is 4.90. The Kier molecular flexibility index (Phi) is 3.64. The molecule has 0 radical (unpaired) electrons. The van der Waals surface area contributed by atoms with Gasteiger partial charge in [-0.15, -0.1) is 0 Å². The molecular weight excluding hydrogens is 230 g/mol. The molecule has 0 atom stereocenters. The standard InChI is InChI=1S/C14H23NO3/c1-14(2,8-13(17)18)7-12(16)15(11-5-6-11)9-10-3-4-10/h10-11H,3-9H2,1-2H3,(H,17,18). The Bertz CT molecular complexity index is 343. The van der Waals surface area contributed by atoms with Crippen LogP contribution in [0.25, 0.3) is 0 Å². The minimum absolute atomic E-state index is 0.0562. The van der Waals surface area contributed by atoms with Crippen LogP contribution in [0.5, 0.6) is 0 Å². The van der Waals surface area contributed by atoms with Crippen LogP contribution in [-0.2, 0) is 9.59 Å². The number of carbonyl (C=O) groups excluding carboxylic acids is 1. The lowest BCUT2D eigenvalue weighted by molar-refractivity contribution is -0.140. The van der Waals surface area contributed by atoms with E-state index in [2.05, 4.69) is 0 Å². The fraction of sp³-hybridized carbons (Fsp3) is 0.857. The molecule has 1 amide bonds. The molecule has 2 rings (SSSR count). The van der Waals surface area contributed by atoms with Crippen molar-refractivity contribution in [1.29, 1.82) is 0 Å². The van der Waals surface area contributed by atoms with E-state index in [-0.39, 0.29) is 12.3 Å². The van der Waals surface area contributed by atoms with Gasteiger partial charge in [-0.2, -0.15) is 0 Å². The lowest BCUT2D eigenvalue weighted by atomic mass is 9.85. The Balaban J connectivity index is 1.89. The molecule has 4 nitrogen and oxygen atoms in total. The molecule has 0 unspecified atom stereocenters. The highest BCUT2D eigenvalue weighted by Gasteiger charge is 2.38. The third-order valence-corrected chi connectivity index (χ3v) is 3.72. The summed E-state index contributed by atoms with van der Waals surface area (Å²) in [6.45, 7) is 4.62. The number of carboxylic acids is 1. The van der Waals surface area contributed by atoms with E-state index in [0.717, 1.165) is 19.4 Å². The summed E-state index contributed by atoms with van der Waals surface area (Å²) in [4.78, 5) is 25.1. The molecule has 1 N–H and O–H groups in total. The minimum Gasteiger partial charge on any atom is -0.481 e. The molecule has 0 heterocycles.